The Morgan fingerprint density at radius 2 is 1.76 bits per heavy atom. The van der Waals surface area contributed by atoms with Crippen LogP contribution >= 0.6 is 0 Å². The summed E-state index contributed by atoms with van der Waals surface area (Å²) in [4.78, 5) is 11.9. The van der Waals surface area contributed by atoms with Crippen LogP contribution in [0.1, 0.15) is 5.56 Å². The van der Waals surface area contributed by atoms with Gasteiger partial charge >= 0.3 is 0 Å². The van der Waals surface area contributed by atoms with Crippen molar-refractivity contribution in [1.29, 1.82) is 0 Å². The lowest BCUT2D eigenvalue weighted by atomic mass is 10.1. The molecule has 1 aliphatic heterocycles. The predicted octanol–water partition coefficient (Wildman–Crippen LogP) is 2.20. The fraction of sp³-hybridized carbons (Fsp3) is 0.316. The van der Waals surface area contributed by atoms with Crippen LogP contribution in [0.4, 0.5) is 0 Å². The predicted molar refractivity (Wildman–Crippen MR) is 92.6 cm³/mol. The van der Waals surface area contributed by atoms with Crippen LogP contribution in [0.15, 0.2) is 42.5 Å². The standard InChI is InChI=1S/C19H21NO5/c1-22-15-4-2-14(3-5-15)8-9-20-19(21)13-25-16-6-7-17-18(12-16)24-11-10-23-17/h2-7,12H,8-11,13H2,1H3,(H,20,21). The molecule has 0 spiro atoms. The van der Waals surface area contributed by atoms with Gasteiger partial charge < -0.3 is 24.3 Å². The van der Waals surface area contributed by atoms with Crippen molar-refractivity contribution in [3.05, 3.63) is 48.0 Å². The van der Waals surface area contributed by atoms with E-state index in [9.17, 15) is 4.79 Å². The third kappa shape index (κ3) is 4.79. The Kier molecular flexibility index (Phi) is 5.61. The smallest absolute Gasteiger partial charge is 0.257 e. The van der Waals surface area contributed by atoms with Gasteiger partial charge in [-0.3, -0.25) is 4.79 Å². The monoisotopic (exact) mass is 343 g/mol. The topological polar surface area (TPSA) is 66.0 Å². The molecule has 6 nitrogen and oxygen atoms in total. The Morgan fingerprint density at radius 3 is 2.52 bits per heavy atom. The summed E-state index contributed by atoms with van der Waals surface area (Å²) in [5.41, 5.74) is 1.13. The van der Waals surface area contributed by atoms with Crippen molar-refractivity contribution in [2.75, 3.05) is 33.5 Å². The van der Waals surface area contributed by atoms with Crippen molar-refractivity contribution in [3.63, 3.8) is 0 Å². The minimum absolute atomic E-state index is 0.0394. The number of ether oxygens (including phenoxy) is 4. The van der Waals surface area contributed by atoms with E-state index in [4.69, 9.17) is 18.9 Å². The van der Waals surface area contributed by atoms with E-state index in [0.29, 0.717) is 37.0 Å². The van der Waals surface area contributed by atoms with Gasteiger partial charge in [0.15, 0.2) is 18.1 Å². The molecule has 1 N–H and O–H groups in total. The average molecular weight is 343 g/mol. The normalized spacial score (nSPS) is 12.4. The third-order valence-electron chi connectivity index (χ3n) is 3.78. The molecule has 25 heavy (non-hydrogen) atoms. The fourth-order valence-electron chi connectivity index (χ4n) is 2.45. The van der Waals surface area contributed by atoms with Crippen LogP contribution in [-0.2, 0) is 11.2 Å². The first kappa shape index (κ1) is 17.0. The van der Waals surface area contributed by atoms with E-state index in [1.54, 1.807) is 25.3 Å². The zero-order chi connectivity index (χ0) is 17.5. The number of rotatable bonds is 7. The number of carbonyl (C=O) groups is 1. The maximum atomic E-state index is 11.9. The summed E-state index contributed by atoms with van der Waals surface area (Å²) in [7, 11) is 1.64. The molecule has 0 atom stereocenters. The lowest BCUT2D eigenvalue weighted by Crippen LogP contribution is -2.30. The summed E-state index contributed by atoms with van der Waals surface area (Å²) in [6.45, 7) is 1.57. The maximum absolute atomic E-state index is 11.9. The molecular weight excluding hydrogens is 322 g/mol. The van der Waals surface area contributed by atoms with Gasteiger partial charge in [0, 0.05) is 12.6 Å². The highest BCUT2D eigenvalue weighted by molar-refractivity contribution is 5.77. The summed E-state index contributed by atoms with van der Waals surface area (Å²) in [6.07, 6.45) is 0.750. The second-order valence-corrected chi connectivity index (χ2v) is 5.54. The molecule has 0 saturated heterocycles. The molecule has 2 aromatic rings. The van der Waals surface area contributed by atoms with E-state index >= 15 is 0 Å². The SMILES string of the molecule is COc1ccc(CCNC(=O)COc2ccc3c(c2)OCCO3)cc1. The molecule has 3 rings (SSSR count). The lowest BCUT2D eigenvalue weighted by Gasteiger charge is -2.18. The van der Waals surface area contributed by atoms with Crippen LogP contribution in [0.25, 0.3) is 0 Å². The van der Waals surface area contributed by atoms with Crippen molar-refractivity contribution in [2.24, 2.45) is 0 Å². The Bertz CT molecular complexity index is 714. The molecule has 0 aromatic heterocycles. The minimum atomic E-state index is -0.164. The van der Waals surface area contributed by atoms with Crippen molar-refractivity contribution in [1.82, 2.24) is 5.32 Å². The van der Waals surface area contributed by atoms with E-state index in [0.717, 1.165) is 17.7 Å². The van der Waals surface area contributed by atoms with Crippen LogP contribution in [0.5, 0.6) is 23.0 Å². The summed E-state index contributed by atoms with van der Waals surface area (Å²) < 4.78 is 21.6. The van der Waals surface area contributed by atoms with Crippen LogP contribution in [-0.4, -0.2) is 39.4 Å². The van der Waals surface area contributed by atoms with Crippen molar-refractivity contribution in [3.8, 4) is 23.0 Å². The van der Waals surface area contributed by atoms with Gasteiger partial charge in [-0.25, -0.2) is 0 Å². The molecular formula is C19H21NO5. The van der Waals surface area contributed by atoms with Crippen LogP contribution < -0.4 is 24.3 Å². The molecule has 0 aliphatic carbocycles. The summed E-state index contributed by atoms with van der Waals surface area (Å²) in [5, 5.41) is 2.84. The summed E-state index contributed by atoms with van der Waals surface area (Å²) in [5.74, 6) is 2.57. The van der Waals surface area contributed by atoms with Gasteiger partial charge in [-0.15, -0.1) is 0 Å². The molecule has 1 aliphatic rings. The van der Waals surface area contributed by atoms with Gasteiger partial charge in [-0.05, 0) is 36.2 Å². The molecule has 2 aromatic carbocycles. The molecule has 0 unspecified atom stereocenters. The zero-order valence-electron chi connectivity index (χ0n) is 14.1. The van der Waals surface area contributed by atoms with Gasteiger partial charge in [0.1, 0.15) is 24.7 Å². The van der Waals surface area contributed by atoms with E-state index in [2.05, 4.69) is 5.32 Å². The molecule has 0 fully saturated rings. The van der Waals surface area contributed by atoms with E-state index in [-0.39, 0.29) is 12.5 Å². The Morgan fingerprint density at radius 1 is 1.04 bits per heavy atom. The van der Waals surface area contributed by atoms with Crippen molar-refractivity contribution < 1.29 is 23.7 Å². The highest BCUT2D eigenvalue weighted by Gasteiger charge is 2.12. The number of amides is 1. The Balaban J connectivity index is 1.40. The number of hydrogen-bond donors (Lipinski definition) is 1. The van der Waals surface area contributed by atoms with Crippen molar-refractivity contribution >= 4 is 5.91 Å². The van der Waals surface area contributed by atoms with Gasteiger partial charge in [0.2, 0.25) is 0 Å². The number of benzene rings is 2. The Labute approximate surface area is 146 Å². The van der Waals surface area contributed by atoms with E-state index in [1.165, 1.54) is 0 Å². The van der Waals surface area contributed by atoms with Gasteiger partial charge in [-0.1, -0.05) is 12.1 Å². The van der Waals surface area contributed by atoms with E-state index in [1.807, 2.05) is 24.3 Å². The largest absolute Gasteiger partial charge is 0.497 e. The molecule has 6 heteroatoms. The first-order valence-electron chi connectivity index (χ1n) is 8.16. The highest BCUT2D eigenvalue weighted by atomic mass is 16.6. The molecule has 1 heterocycles. The van der Waals surface area contributed by atoms with E-state index < -0.39 is 0 Å². The summed E-state index contributed by atoms with van der Waals surface area (Å²) >= 11 is 0. The van der Waals surface area contributed by atoms with Crippen molar-refractivity contribution in [2.45, 2.75) is 6.42 Å². The van der Waals surface area contributed by atoms with Gasteiger partial charge in [0.05, 0.1) is 7.11 Å². The van der Waals surface area contributed by atoms with Crippen LogP contribution in [0.2, 0.25) is 0 Å². The van der Waals surface area contributed by atoms with Gasteiger partial charge in [0.25, 0.3) is 5.91 Å². The second kappa shape index (κ2) is 8.28. The zero-order valence-corrected chi connectivity index (χ0v) is 14.1. The fourth-order valence-corrected chi connectivity index (χ4v) is 2.45. The number of methoxy groups -OCH3 is 1. The number of hydrogen-bond acceptors (Lipinski definition) is 5. The molecule has 1 amide bonds. The average Bonchev–Trinajstić information content (AvgIpc) is 2.67. The van der Waals surface area contributed by atoms with Crippen LogP contribution in [0, 0.1) is 0 Å². The molecule has 0 radical (unpaired) electrons. The molecule has 0 saturated carbocycles. The first-order chi connectivity index (χ1) is 12.2. The third-order valence-corrected chi connectivity index (χ3v) is 3.78. The molecule has 0 bridgehead atoms. The maximum Gasteiger partial charge on any atom is 0.257 e. The minimum Gasteiger partial charge on any atom is -0.497 e. The number of carbonyl (C=O) groups excluding carboxylic acids is 1. The molecule has 132 valence electrons. The number of fused-ring (bicyclic) bond motifs is 1. The van der Waals surface area contributed by atoms with Crippen LogP contribution in [0.3, 0.4) is 0 Å². The summed E-state index contributed by atoms with van der Waals surface area (Å²) in [6, 6.07) is 13.1. The second-order valence-electron chi connectivity index (χ2n) is 5.54. The van der Waals surface area contributed by atoms with Gasteiger partial charge in [-0.2, -0.15) is 0 Å². The Hall–Kier alpha value is -2.89. The first-order valence-corrected chi connectivity index (χ1v) is 8.16. The lowest BCUT2D eigenvalue weighted by molar-refractivity contribution is -0.123. The number of nitrogens with one attached hydrogen (secondary N) is 1. The quantitative estimate of drug-likeness (QED) is 0.835. The highest BCUT2D eigenvalue weighted by Crippen LogP contribution is 2.33.